The number of rotatable bonds is 0. The maximum absolute atomic E-state index is 9.05. The molecule has 0 saturated heterocycles. The first-order valence-electron chi connectivity index (χ1n) is 4.94. The van der Waals surface area contributed by atoms with E-state index in [0.29, 0.717) is 0 Å². The number of fused-ring (bicyclic) bond motifs is 3. The zero-order chi connectivity index (χ0) is 11.0. The second kappa shape index (κ2) is 3.31. The lowest BCUT2D eigenvalue weighted by atomic mass is 10.1. The molecule has 0 saturated carbocycles. The molecule has 1 aromatic rings. The van der Waals surface area contributed by atoms with E-state index in [4.69, 9.17) is 5.26 Å². The van der Waals surface area contributed by atoms with Crippen LogP contribution in [0.25, 0.3) is 0 Å². The summed E-state index contributed by atoms with van der Waals surface area (Å²) in [5.74, 6) is 0. The first-order valence-corrected chi connectivity index (χ1v) is 4.94. The highest BCUT2D eigenvalue weighted by Gasteiger charge is 2.27. The second-order valence-electron chi connectivity index (χ2n) is 3.54. The van der Waals surface area contributed by atoms with Gasteiger partial charge in [-0.15, -0.1) is 0 Å². The van der Waals surface area contributed by atoms with E-state index in [1.807, 2.05) is 29.2 Å². The second-order valence-corrected chi connectivity index (χ2v) is 3.54. The van der Waals surface area contributed by atoms with Crippen molar-refractivity contribution in [1.29, 1.82) is 5.26 Å². The Hall–Kier alpha value is -2.41. The van der Waals surface area contributed by atoms with Gasteiger partial charge in [-0.1, -0.05) is 18.2 Å². The average molecular weight is 208 g/mol. The molecule has 4 heteroatoms. The van der Waals surface area contributed by atoms with Gasteiger partial charge in [-0.3, -0.25) is 9.98 Å². The number of hydrogen-bond acceptors (Lipinski definition) is 4. The minimum Gasteiger partial charge on any atom is -0.303 e. The largest absolute Gasteiger partial charge is 0.303 e. The van der Waals surface area contributed by atoms with Crippen molar-refractivity contribution < 1.29 is 0 Å². The lowest BCUT2D eigenvalue weighted by molar-refractivity contribution is 0.857. The fourth-order valence-electron chi connectivity index (χ4n) is 1.88. The number of aliphatic imine (C=N–C) groups is 2. The molecule has 3 rings (SSSR count). The summed E-state index contributed by atoms with van der Waals surface area (Å²) in [5, 5.41) is 9.05. The molecule has 4 nitrogen and oxygen atoms in total. The molecular weight excluding hydrogens is 200 g/mol. The Labute approximate surface area is 92.9 Å². The van der Waals surface area contributed by atoms with Crippen LogP contribution in [0.4, 0.5) is 5.69 Å². The first kappa shape index (κ1) is 8.86. The molecule has 16 heavy (non-hydrogen) atoms. The fourth-order valence-corrected chi connectivity index (χ4v) is 1.88. The number of nitrogens with zero attached hydrogens (tertiary/aromatic N) is 4. The standard InChI is InChI=1S/C12H8N4/c13-5-12-15-8-10-7-14-6-9-3-1-2-4-11(9)16(10)12/h1-4,6-8,12H. The van der Waals surface area contributed by atoms with E-state index in [1.54, 1.807) is 18.6 Å². The SMILES string of the molecule is N#CC1N=CC2=CN=Cc3ccccc3N21. The van der Waals surface area contributed by atoms with Gasteiger partial charge < -0.3 is 4.90 Å². The molecule has 0 N–H and O–H groups in total. The van der Waals surface area contributed by atoms with Crippen LogP contribution >= 0.6 is 0 Å². The summed E-state index contributed by atoms with van der Waals surface area (Å²) in [6, 6.07) is 10.0. The van der Waals surface area contributed by atoms with Crippen LogP contribution in [0.5, 0.6) is 0 Å². The summed E-state index contributed by atoms with van der Waals surface area (Å²) in [7, 11) is 0. The smallest absolute Gasteiger partial charge is 0.213 e. The van der Waals surface area contributed by atoms with Crippen molar-refractivity contribution in [1.82, 2.24) is 0 Å². The van der Waals surface area contributed by atoms with Crippen LogP contribution < -0.4 is 4.90 Å². The lowest BCUT2D eigenvalue weighted by Crippen LogP contribution is -2.27. The van der Waals surface area contributed by atoms with Gasteiger partial charge in [0.1, 0.15) is 6.07 Å². The third-order valence-corrected chi connectivity index (χ3v) is 2.60. The summed E-state index contributed by atoms with van der Waals surface area (Å²) >= 11 is 0. The highest BCUT2D eigenvalue weighted by Crippen LogP contribution is 2.29. The third-order valence-electron chi connectivity index (χ3n) is 2.60. The van der Waals surface area contributed by atoms with Crippen molar-refractivity contribution in [3.05, 3.63) is 41.7 Å². The molecule has 2 aliphatic rings. The number of anilines is 1. The summed E-state index contributed by atoms with van der Waals surface area (Å²) in [6.45, 7) is 0. The molecule has 0 aromatic heterocycles. The van der Waals surface area contributed by atoms with E-state index < -0.39 is 6.17 Å². The van der Waals surface area contributed by atoms with Gasteiger partial charge in [0.2, 0.25) is 6.17 Å². The molecule has 0 amide bonds. The van der Waals surface area contributed by atoms with Crippen LogP contribution in [0.3, 0.4) is 0 Å². The first-order chi connectivity index (χ1) is 7.90. The van der Waals surface area contributed by atoms with Crippen LogP contribution in [0.1, 0.15) is 5.56 Å². The quantitative estimate of drug-likeness (QED) is 0.651. The molecule has 0 bridgehead atoms. The molecule has 2 aliphatic heterocycles. The summed E-state index contributed by atoms with van der Waals surface area (Å²) in [5.41, 5.74) is 2.83. The van der Waals surface area contributed by atoms with Gasteiger partial charge in [0.25, 0.3) is 0 Å². The van der Waals surface area contributed by atoms with Crippen molar-refractivity contribution in [2.45, 2.75) is 6.17 Å². The zero-order valence-electron chi connectivity index (χ0n) is 8.41. The third kappa shape index (κ3) is 1.15. The molecular formula is C12H8N4. The van der Waals surface area contributed by atoms with E-state index >= 15 is 0 Å². The highest BCUT2D eigenvalue weighted by atomic mass is 15.3. The average Bonchev–Trinajstić information content (AvgIpc) is 2.64. The van der Waals surface area contributed by atoms with Gasteiger partial charge in [0.15, 0.2) is 0 Å². The van der Waals surface area contributed by atoms with Crippen molar-refractivity contribution in [3.63, 3.8) is 0 Å². The molecule has 0 radical (unpaired) electrons. The number of benzene rings is 1. The molecule has 76 valence electrons. The molecule has 2 heterocycles. The predicted molar refractivity (Wildman–Crippen MR) is 62.5 cm³/mol. The molecule has 1 atom stereocenters. The van der Waals surface area contributed by atoms with Crippen molar-refractivity contribution >= 4 is 18.1 Å². The number of allylic oxidation sites excluding steroid dienone is 1. The maximum Gasteiger partial charge on any atom is 0.213 e. The topological polar surface area (TPSA) is 51.8 Å². The van der Waals surface area contributed by atoms with Gasteiger partial charge in [-0.2, -0.15) is 5.26 Å². The monoisotopic (exact) mass is 208 g/mol. The van der Waals surface area contributed by atoms with Crippen LogP contribution in [0, 0.1) is 11.3 Å². The maximum atomic E-state index is 9.05. The minimum atomic E-state index is -0.478. The molecule has 0 fully saturated rings. The highest BCUT2D eigenvalue weighted by molar-refractivity contribution is 5.97. The lowest BCUT2D eigenvalue weighted by Gasteiger charge is -2.22. The molecule has 1 aromatic carbocycles. The number of nitriles is 1. The summed E-state index contributed by atoms with van der Waals surface area (Å²) in [6.07, 6.45) is 4.73. The van der Waals surface area contributed by atoms with E-state index in [9.17, 15) is 0 Å². The summed E-state index contributed by atoms with van der Waals surface area (Å²) < 4.78 is 0. The van der Waals surface area contributed by atoms with Gasteiger partial charge in [-0.05, 0) is 6.07 Å². The van der Waals surface area contributed by atoms with Gasteiger partial charge in [0.05, 0.1) is 23.8 Å². The summed E-state index contributed by atoms with van der Waals surface area (Å²) in [4.78, 5) is 10.2. The van der Waals surface area contributed by atoms with Gasteiger partial charge in [0, 0.05) is 11.8 Å². The van der Waals surface area contributed by atoms with E-state index in [1.165, 1.54) is 0 Å². The van der Waals surface area contributed by atoms with Crippen LogP contribution in [-0.2, 0) is 0 Å². The normalized spacial score (nSPS) is 20.8. The van der Waals surface area contributed by atoms with E-state index in [-0.39, 0.29) is 0 Å². The Morgan fingerprint density at radius 3 is 3.00 bits per heavy atom. The van der Waals surface area contributed by atoms with E-state index in [2.05, 4.69) is 16.1 Å². The van der Waals surface area contributed by atoms with Crippen LogP contribution in [-0.4, -0.2) is 18.6 Å². The van der Waals surface area contributed by atoms with Crippen LogP contribution in [0.15, 0.2) is 46.1 Å². The van der Waals surface area contributed by atoms with Crippen molar-refractivity contribution in [3.8, 4) is 6.07 Å². The minimum absolute atomic E-state index is 0.478. The Bertz CT molecular complexity index is 563. The van der Waals surface area contributed by atoms with Crippen LogP contribution in [0.2, 0.25) is 0 Å². The Balaban J connectivity index is 2.20. The number of hydrogen-bond donors (Lipinski definition) is 0. The van der Waals surface area contributed by atoms with Gasteiger partial charge >= 0.3 is 0 Å². The predicted octanol–water partition coefficient (Wildman–Crippen LogP) is 1.70. The Kier molecular flexibility index (Phi) is 1.84. The molecule has 0 aliphatic carbocycles. The molecule has 1 unspecified atom stereocenters. The van der Waals surface area contributed by atoms with Crippen molar-refractivity contribution in [2.75, 3.05) is 4.90 Å². The van der Waals surface area contributed by atoms with E-state index in [0.717, 1.165) is 16.9 Å². The Morgan fingerprint density at radius 1 is 1.25 bits per heavy atom. The fraction of sp³-hybridized carbons (Fsp3) is 0.0833. The van der Waals surface area contributed by atoms with Crippen molar-refractivity contribution in [2.24, 2.45) is 9.98 Å². The molecule has 0 spiro atoms. The van der Waals surface area contributed by atoms with Gasteiger partial charge in [-0.25, -0.2) is 0 Å². The Morgan fingerprint density at radius 2 is 2.12 bits per heavy atom. The number of para-hydroxylation sites is 1. The zero-order valence-corrected chi connectivity index (χ0v) is 8.41.